The maximum Gasteiger partial charge on any atom is 0.389 e. The normalized spacial score (nSPS) is 10.2. The van der Waals surface area contributed by atoms with Crippen molar-refractivity contribution in [3.05, 3.63) is 22.4 Å². The average molecular weight is 201 g/mol. The van der Waals surface area contributed by atoms with Crippen LogP contribution in [0.2, 0.25) is 0 Å². The minimum absolute atomic E-state index is 0.0918. The summed E-state index contributed by atoms with van der Waals surface area (Å²) < 4.78 is 1.58. The van der Waals surface area contributed by atoms with Crippen molar-refractivity contribution >= 4 is 18.4 Å². The molecular formula is C7H11N3O2S. The number of rotatable bonds is 5. The first-order chi connectivity index (χ1) is 6.24. The predicted molar refractivity (Wildman–Crippen MR) is 52.0 cm³/mol. The van der Waals surface area contributed by atoms with Gasteiger partial charge in [0.2, 0.25) is 0 Å². The number of aryl methyl sites for hydroxylation is 1. The molecule has 0 bridgehead atoms. The van der Waals surface area contributed by atoms with Crippen molar-refractivity contribution in [2.75, 3.05) is 5.75 Å². The minimum Gasteiger partial charge on any atom is -0.358 e. The molecule has 0 aliphatic carbocycles. The molecule has 0 unspecified atom stereocenters. The zero-order valence-corrected chi connectivity index (χ0v) is 7.98. The SMILES string of the molecule is O=[N+]([O-])c1ccn(CCCCS)n1. The third kappa shape index (κ3) is 3.06. The average Bonchev–Trinajstić information content (AvgIpc) is 2.53. The van der Waals surface area contributed by atoms with Gasteiger partial charge in [-0.3, -0.25) is 0 Å². The molecule has 0 saturated carbocycles. The Balaban J connectivity index is 2.44. The largest absolute Gasteiger partial charge is 0.389 e. The predicted octanol–water partition coefficient (Wildman–Crippen LogP) is 1.50. The highest BCUT2D eigenvalue weighted by molar-refractivity contribution is 7.80. The zero-order valence-electron chi connectivity index (χ0n) is 7.09. The molecule has 0 aliphatic rings. The Morgan fingerprint density at radius 2 is 2.38 bits per heavy atom. The molecule has 0 aromatic carbocycles. The van der Waals surface area contributed by atoms with E-state index in [-0.39, 0.29) is 5.82 Å². The second kappa shape index (κ2) is 4.86. The molecule has 6 heteroatoms. The van der Waals surface area contributed by atoms with Gasteiger partial charge in [-0.2, -0.15) is 17.3 Å². The first kappa shape index (κ1) is 10.0. The van der Waals surface area contributed by atoms with Crippen LogP contribution >= 0.6 is 12.6 Å². The summed E-state index contributed by atoms with van der Waals surface area (Å²) in [7, 11) is 0. The maximum atomic E-state index is 10.3. The van der Waals surface area contributed by atoms with Crippen LogP contribution in [0.15, 0.2) is 12.3 Å². The first-order valence-corrected chi connectivity index (χ1v) is 4.66. The Labute approximate surface area is 81.3 Å². The Kier molecular flexibility index (Phi) is 3.75. The Bertz CT molecular complexity index is 287. The summed E-state index contributed by atoms with van der Waals surface area (Å²) in [6.45, 7) is 0.717. The maximum absolute atomic E-state index is 10.3. The molecule has 0 amide bonds. The summed E-state index contributed by atoms with van der Waals surface area (Å²) in [5.74, 6) is 0.745. The lowest BCUT2D eigenvalue weighted by atomic mass is 10.3. The molecule has 0 saturated heterocycles. The van der Waals surface area contributed by atoms with E-state index in [0.29, 0.717) is 6.54 Å². The van der Waals surface area contributed by atoms with Crippen molar-refractivity contribution in [2.45, 2.75) is 19.4 Å². The highest BCUT2D eigenvalue weighted by atomic mass is 32.1. The fraction of sp³-hybridized carbons (Fsp3) is 0.571. The Hall–Kier alpha value is -1.04. The lowest BCUT2D eigenvalue weighted by molar-refractivity contribution is -0.389. The van der Waals surface area contributed by atoms with Crippen molar-refractivity contribution in [3.8, 4) is 0 Å². The summed E-state index contributed by atoms with van der Waals surface area (Å²) in [5.41, 5.74) is 0. The molecule has 1 aromatic rings. The van der Waals surface area contributed by atoms with Crippen LogP contribution < -0.4 is 0 Å². The van der Waals surface area contributed by atoms with Crippen LogP contribution in [0.5, 0.6) is 0 Å². The topological polar surface area (TPSA) is 61.0 Å². The molecule has 0 N–H and O–H groups in total. The van der Waals surface area contributed by atoms with Gasteiger partial charge in [-0.05, 0) is 23.5 Å². The van der Waals surface area contributed by atoms with Gasteiger partial charge in [0.25, 0.3) is 0 Å². The molecule has 0 fully saturated rings. The van der Waals surface area contributed by atoms with E-state index in [1.807, 2.05) is 0 Å². The molecule has 13 heavy (non-hydrogen) atoms. The van der Waals surface area contributed by atoms with E-state index in [1.165, 1.54) is 6.07 Å². The summed E-state index contributed by atoms with van der Waals surface area (Å²) in [6, 6.07) is 1.40. The molecule has 1 aromatic heterocycles. The first-order valence-electron chi connectivity index (χ1n) is 4.03. The van der Waals surface area contributed by atoms with E-state index < -0.39 is 4.92 Å². The van der Waals surface area contributed by atoms with Gasteiger partial charge in [0.15, 0.2) is 0 Å². The van der Waals surface area contributed by atoms with Crippen LogP contribution in [0.4, 0.5) is 5.82 Å². The fourth-order valence-corrected chi connectivity index (χ4v) is 1.18. The summed E-state index contributed by atoms with van der Waals surface area (Å²) >= 11 is 4.07. The number of nitro groups is 1. The number of thiol groups is 1. The number of nitrogens with zero attached hydrogens (tertiary/aromatic N) is 3. The fourth-order valence-electron chi connectivity index (χ4n) is 0.958. The van der Waals surface area contributed by atoms with Crippen molar-refractivity contribution in [2.24, 2.45) is 0 Å². The molecule has 0 radical (unpaired) electrons. The van der Waals surface area contributed by atoms with Gasteiger partial charge in [-0.15, -0.1) is 0 Å². The highest BCUT2D eigenvalue weighted by Crippen LogP contribution is 2.06. The van der Waals surface area contributed by atoms with Crippen LogP contribution in [-0.2, 0) is 6.54 Å². The van der Waals surface area contributed by atoms with E-state index in [1.54, 1.807) is 10.9 Å². The number of hydrogen-bond acceptors (Lipinski definition) is 4. The van der Waals surface area contributed by atoms with E-state index in [0.717, 1.165) is 18.6 Å². The van der Waals surface area contributed by atoms with Crippen LogP contribution in [0, 0.1) is 10.1 Å². The third-order valence-electron chi connectivity index (χ3n) is 1.61. The van der Waals surface area contributed by atoms with Crippen LogP contribution in [-0.4, -0.2) is 20.5 Å². The molecule has 1 rings (SSSR count). The number of unbranched alkanes of at least 4 members (excludes halogenated alkanes) is 1. The van der Waals surface area contributed by atoms with Crippen LogP contribution in [0.25, 0.3) is 0 Å². The van der Waals surface area contributed by atoms with Crippen molar-refractivity contribution < 1.29 is 4.92 Å². The molecule has 0 atom stereocenters. The van der Waals surface area contributed by atoms with Gasteiger partial charge in [0.1, 0.15) is 0 Å². The molecule has 1 heterocycles. The lowest BCUT2D eigenvalue weighted by Crippen LogP contribution is -1.99. The number of aromatic nitrogens is 2. The zero-order chi connectivity index (χ0) is 9.68. The van der Waals surface area contributed by atoms with Crippen molar-refractivity contribution in [1.29, 1.82) is 0 Å². The molecule has 0 spiro atoms. The molecule has 72 valence electrons. The minimum atomic E-state index is -0.491. The van der Waals surface area contributed by atoms with Gasteiger partial charge in [-0.1, -0.05) is 0 Å². The van der Waals surface area contributed by atoms with E-state index in [2.05, 4.69) is 17.7 Å². The molecule has 5 nitrogen and oxygen atoms in total. The Morgan fingerprint density at radius 3 is 2.92 bits per heavy atom. The molecule has 0 aliphatic heterocycles. The third-order valence-corrected chi connectivity index (χ3v) is 1.93. The lowest BCUT2D eigenvalue weighted by Gasteiger charge is -1.93. The van der Waals surface area contributed by atoms with E-state index in [9.17, 15) is 10.1 Å². The van der Waals surface area contributed by atoms with Crippen molar-refractivity contribution in [1.82, 2.24) is 9.78 Å². The van der Waals surface area contributed by atoms with Gasteiger partial charge >= 0.3 is 5.82 Å². The second-order valence-corrected chi connectivity index (χ2v) is 3.07. The highest BCUT2D eigenvalue weighted by Gasteiger charge is 2.09. The van der Waals surface area contributed by atoms with Gasteiger partial charge in [-0.25, -0.2) is 0 Å². The van der Waals surface area contributed by atoms with Gasteiger partial charge in [0.05, 0.1) is 23.9 Å². The van der Waals surface area contributed by atoms with Crippen LogP contribution in [0.1, 0.15) is 12.8 Å². The van der Waals surface area contributed by atoms with E-state index in [4.69, 9.17) is 0 Å². The Morgan fingerprint density at radius 1 is 1.62 bits per heavy atom. The summed E-state index contributed by atoms with van der Waals surface area (Å²) in [4.78, 5) is 9.77. The summed E-state index contributed by atoms with van der Waals surface area (Å²) in [6.07, 6.45) is 3.57. The summed E-state index contributed by atoms with van der Waals surface area (Å²) in [5, 5.41) is 14.0. The van der Waals surface area contributed by atoms with Crippen molar-refractivity contribution in [3.63, 3.8) is 0 Å². The molecular weight excluding hydrogens is 190 g/mol. The standard InChI is InChI=1S/C7H11N3O2S/c11-10(12)7-3-5-9(8-7)4-1-2-6-13/h3,5,13H,1-2,4,6H2. The van der Waals surface area contributed by atoms with Gasteiger partial charge < -0.3 is 10.1 Å². The smallest absolute Gasteiger partial charge is 0.358 e. The monoisotopic (exact) mass is 201 g/mol. The quantitative estimate of drug-likeness (QED) is 0.340. The second-order valence-electron chi connectivity index (χ2n) is 2.62. The van der Waals surface area contributed by atoms with Crippen LogP contribution in [0.3, 0.4) is 0 Å². The van der Waals surface area contributed by atoms with E-state index >= 15 is 0 Å². The van der Waals surface area contributed by atoms with Gasteiger partial charge in [0, 0.05) is 0 Å². The number of hydrogen-bond donors (Lipinski definition) is 1.